The van der Waals surface area contributed by atoms with Crippen molar-refractivity contribution in [3.05, 3.63) is 17.0 Å². The summed E-state index contributed by atoms with van der Waals surface area (Å²) >= 11 is 0. The van der Waals surface area contributed by atoms with Crippen molar-refractivity contribution in [2.45, 2.75) is 79.4 Å². The van der Waals surface area contributed by atoms with Gasteiger partial charge in [-0.05, 0) is 47.0 Å². The maximum atomic E-state index is 12.2. The van der Waals surface area contributed by atoms with Crippen LogP contribution in [0.3, 0.4) is 0 Å². The van der Waals surface area contributed by atoms with Gasteiger partial charge in [-0.2, -0.15) is 0 Å². The van der Waals surface area contributed by atoms with Crippen LogP contribution in [0.2, 0.25) is 0 Å². The van der Waals surface area contributed by atoms with E-state index in [1.165, 1.54) is 0 Å². The van der Waals surface area contributed by atoms with Gasteiger partial charge in [0.15, 0.2) is 5.96 Å². The molecule has 0 saturated heterocycles. The number of nitrogens with zero attached hydrogens (tertiary/aromatic N) is 3. The number of aryl methyl sites for hydroxylation is 2. The van der Waals surface area contributed by atoms with E-state index >= 15 is 0 Å². The van der Waals surface area contributed by atoms with E-state index in [4.69, 9.17) is 9.26 Å². The molecule has 0 aliphatic carbocycles. The molecule has 172 valence electrons. The first-order valence-corrected chi connectivity index (χ1v) is 10.7. The lowest BCUT2D eigenvalue weighted by molar-refractivity contribution is 0.0486. The van der Waals surface area contributed by atoms with Crippen LogP contribution in [0.1, 0.15) is 70.9 Å². The molecule has 30 heavy (non-hydrogen) atoms. The van der Waals surface area contributed by atoms with Gasteiger partial charge in [0.05, 0.1) is 5.69 Å². The lowest BCUT2D eigenvalue weighted by atomic mass is 9.99. The first kappa shape index (κ1) is 25.8. The molecule has 0 aliphatic rings. The monoisotopic (exact) mass is 423 g/mol. The highest BCUT2D eigenvalue weighted by Crippen LogP contribution is 2.22. The van der Waals surface area contributed by atoms with Crippen LogP contribution in [0.25, 0.3) is 0 Å². The zero-order valence-electron chi connectivity index (χ0n) is 20.4. The van der Waals surface area contributed by atoms with Crippen LogP contribution in [-0.2, 0) is 4.74 Å². The van der Waals surface area contributed by atoms with Gasteiger partial charge in [-0.1, -0.05) is 25.9 Å². The molecular weight excluding hydrogens is 382 g/mol. The third kappa shape index (κ3) is 8.24. The van der Waals surface area contributed by atoms with Crippen LogP contribution in [0.5, 0.6) is 0 Å². The molecule has 8 nitrogen and oxygen atoms in total. The van der Waals surface area contributed by atoms with Crippen molar-refractivity contribution in [2.24, 2.45) is 10.9 Å². The Labute approximate surface area is 181 Å². The molecule has 0 aromatic carbocycles. The first-order valence-electron chi connectivity index (χ1n) is 10.7. The predicted octanol–water partition coefficient (Wildman–Crippen LogP) is 3.84. The minimum Gasteiger partial charge on any atom is -0.444 e. The summed E-state index contributed by atoms with van der Waals surface area (Å²) in [6, 6.07) is 0.0154. The van der Waals surface area contributed by atoms with Gasteiger partial charge in [-0.15, -0.1) is 0 Å². The van der Waals surface area contributed by atoms with E-state index in [0.717, 1.165) is 42.5 Å². The van der Waals surface area contributed by atoms with Crippen molar-refractivity contribution < 1.29 is 14.1 Å². The molecule has 2 atom stereocenters. The SMILES string of the molecule is CN=C(NCC(C)c1c(C)noc1C)N(C)CCC(NC(=O)OC(C)(C)C)C(C)C. The molecule has 2 N–H and O–H groups in total. The number of carbonyl (C=O) groups is 1. The Balaban J connectivity index is 2.60. The van der Waals surface area contributed by atoms with E-state index in [2.05, 4.69) is 46.5 Å². The van der Waals surface area contributed by atoms with Crippen LogP contribution in [-0.4, -0.2) is 60.9 Å². The Morgan fingerprint density at radius 3 is 2.37 bits per heavy atom. The number of amides is 1. The molecule has 1 aromatic heterocycles. The average molecular weight is 424 g/mol. The van der Waals surface area contributed by atoms with Crippen LogP contribution in [0.15, 0.2) is 9.52 Å². The fraction of sp³-hybridized carbons (Fsp3) is 0.773. The minimum absolute atomic E-state index is 0.0154. The molecule has 0 fully saturated rings. The van der Waals surface area contributed by atoms with Gasteiger partial charge in [-0.3, -0.25) is 4.99 Å². The molecule has 0 spiro atoms. The molecule has 2 unspecified atom stereocenters. The van der Waals surface area contributed by atoms with Crippen LogP contribution >= 0.6 is 0 Å². The van der Waals surface area contributed by atoms with Crippen molar-refractivity contribution in [1.29, 1.82) is 0 Å². The zero-order chi connectivity index (χ0) is 23.1. The second-order valence-corrected chi connectivity index (χ2v) is 9.27. The number of nitrogens with one attached hydrogen (secondary N) is 2. The largest absolute Gasteiger partial charge is 0.444 e. The third-order valence-corrected chi connectivity index (χ3v) is 5.00. The summed E-state index contributed by atoms with van der Waals surface area (Å²) in [5, 5.41) is 10.5. The summed E-state index contributed by atoms with van der Waals surface area (Å²) < 4.78 is 10.7. The average Bonchev–Trinajstić information content (AvgIpc) is 2.95. The summed E-state index contributed by atoms with van der Waals surface area (Å²) in [5.74, 6) is 2.21. The lowest BCUT2D eigenvalue weighted by Crippen LogP contribution is -2.45. The van der Waals surface area contributed by atoms with Gasteiger partial charge < -0.3 is 24.8 Å². The molecule has 1 heterocycles. The zero-order valence-corrected chi connectivity index (χ0v) is 20.4. The summed E-state index contributed by atoms with van der Waals surface area (Å²) in [4.78, 5) is 18.6. The smallest absolute Gasteiger partial charge is 0.407 e. The van der Waals surface area contributed by atoms with Gasteiger partial charge >= 0.3 is 6.09 Å². The standard InChI is InChI=1S/C22H41N5O3/c1-14(2)18(25-21(28)29-22(6,7)8)11-12-27(10)20(23-9)24-13-15(3)19-16(4)26-30-17(19)5/h14-15,18H,11-13H2,1-10H3,(H,23,24)(H,25,28). The Morgan fingerprint density at radius 1 is 1.27 bits per heavy atom. The molecule has 0 aliphatic heterocycles. The Morgan fingerprint density at radius 2 is 1.90 bits per heavy atom. The van der Waals surface area contributed by atoms with E-state index in [1.807, 2.05) is 41.7 Å². The molecule has 8 heteroatoms. The number of aliphatic imine (C=N–C) groups is 1. The highest BCUT2D eigenvalue weighted by Gasteiger charge is 2.22. The molecular formula is C22H41N5O3. The van der Waals surface area contributed by atoms with Crippen molar-refractivity contribution in [2.75, 3.05) is 27.2 Å². The van der Waals surface area contributed by atoms with Crippen molar-refractivity contribution in [3.8, 4) is 0 Å². The Bertz CT molecular complexity index is 687. The molecule has 1 rings (SSSR count). The molecule has 1 aromatic rings. The van der Waals surface area contributed by atoms with E-state index in [9.17, 15) is 4.79 Å². The van der Waals surface area contributed by atoms with Crippen molar-refractivity contribution in [1.82, 2.24) is 20.7 Å². The number of ether oxygens (including phenoxy) is 1. The molecule has 0 radical (unpaired) electrons. The van der Waals surface area contributed by atoms with E-state index < -0.39 is 5.60 Å². The van der Waals surface area contributed by atoms with E-state index in [0.29, 0.717) is 5.92 Å². The molecule has 0 bridgehead atoms. The second kappa shape index (κ2) is 11.2. The normalized spacial score (nSPS) is 14.4. The third-order valence-electron chi connectivity index (χ3n) is 5.00. The number of guanidine groups is 1. The number of rotatable bonds is 8. The highest BCUT2D eigenvalue weighted by atomic mass is 16.6. The van der Waals surface area contributed by atoms with Gasteiger partial charge in [0, 0.05) is 44.7 Å². The second-order valence-electron chi connectivity index (χ2n) is 9.27. The topological polar surface area (TPSA) is 92.0 Å². The number of carbonyl (C=O) groups excluding carboxylic acids is 1. The number of hydrogen-bond acceptors (Lipinski definition) is 5. The Kier molecular flexibility index (Phi) is 9.65. The Hall–Kier alpha value is -2.25. The highest BCUT2D eigenvalue weighted by molar-refractivity contribution is 5.79. The molecule has 0 saturated carbocycles. The number of alkyl carbamates (subject to hydrolysis) is 1. The predicted molar refractivity (Wildman–Crippen MR) is 121 cm³/mol. The maximum absolute atomic E-state index is 12.2. The van der Waals surface area contributed by atoms with Crippen molar-refractivity contribution >= 4 is 12.1 Å². The summed E-state index contributed by atoms with van der Waals surface area (Å²) in [5.41, 5.74) is 1.56. The summed E-state index contributed by atoms with van der Waals surface area (Å²) in [6.45, 7) is 17.3. The van der Waals surface area contributed by atoms with Gasteiger partial charge in [0.1, 0.15) is 11.4 Å². The number of aromatic nitrogens is 1. The minimum atomic E-state index is -0.508. The summed E-state index contributed by atoms with van der Waals surface area (Å²) in [6.07, 6.45) is 0.410. The quantitative estimate of drug-likeness (QED) is 0.487. The fourth-order valence-corrected chi connectivity index (χ4v) is 3.39. The fourth-order valence-electron chi connectivity index (χ4n) is 3.39. The van der Waals surface area contributed by atoms with Crippen LogP contribution in [0, 0.1) is 19.8 Å². The molecule has 1 amide bonds. The lowest BCUT2D eigenvalue weighted by Gasteiger charge is -2.29. The summed E-state index contributed by atoms with van der Waals surface area (Å²) in [7, 11) is 3.78. The van der Waals surface area contributed by atoms with Crippen molar-refractivity contribution in [3.63, 3.8) is 0 Å². The van der Waals surface area contributed by atoms with Gasteiger partial charge in [0.25, 0.3) is 0 Å². The van der Waals surface area contributed by atoms with Gasteiger partial charge in [0.2, 0.25) is 0 Å². The first-order chi connectivity index (χ1) is 13.9. The van der Waals surface area contributed by atoms with Crippen LogP contribution < -0.4 is 10.6 Å². The number of hydrogen-bond donors (Lipinski definition) is 2. The van der Waals surface area contributed by atoms with Crippen LogP contribution in [0.4, 0.5) is 4.79 Å². The van der Waals surface area contributed by atoms with E-state index in [1.54, 1.807) is 7.05 Å². The maximum Gasteiger partial charge on any atom is 0.407 e. The van der Waals surface area contributed by atoms with E-state index in [-0.39, 0.29) is 18.1 Å². The van der Waals surface area contributed by atoms with Gasteiger partial charge in [-0.25, -0.2) is 4.79 Å².